The Kier molecular flexibility index (Phi) is 4.14. The summed E-state index contributed by atoms with van der Waals surface area (Å²) in [5.41, 5.74) is -0.438. The fraction of sp³-hybridized carbons (Fsp3) is 0.417. The van der Waals surface area contributed by atoms with Crippen LogP contribution in [0.4, 0.5) is 4.39 Å². The monoisotopic (exact) mass is 304 g/mol. The molecule has 0 radical (unpaired) electrons. The lowest BCUT2D eigenvalue weighted by Crippen LogP contribution is -2.26. The van der Waals surface area contributed by atoms with Crippen LogP contribution in [-0.2, 0) is 11.2 Å². The Morgan fingerprint density at radius 2 is 2.12 bits per heavy atom. The van der Waals surface area contributed by atoms with E-state index in [-0.39, 0.29) is 12.2 Å². The molecule has 0 spiro atoms. The van der Waals surface area contributed by atoms with Crippen LogP contribution in [0.2, 0.25) is 0 Å². The van der Waals surface area contributed by atoms with E-state index >= 15 is 0 Å². The molecular formula is C12H14BrFO3. The van der Waals surface area contributed by atoms with Crippen molar-refractivity contribution in [2.75, 3.05) is 7.11 Å². The average molecular weight is 305 g/mol. The van der Waals surface area contributed by atoms with Crippen molar-refractivity contribution in [1.29, 1.82) is 0 Å². The Morgan fingerprint density at radius 1 is 1.53 bits per heavy atom. The average Bonchev–Trinajstić information content (AvgIpc) is 2.15. The van der Waals surface area contributed by atoms with Crippen LogP contribution in [-0.4, -0.2) is 18.2 Å². The predicted molar refractivity (Wildman–Crippen MR) is 65.8 cm³/mol. The maximum atomic E-state index is 13.6. The second kappa shape index (κ2) is 5.04. The highest BCUT2D eigenvalue weighted by Gasteiger charge is 2.29. The third-order valence-electron chi connectivity index (χ3n) is 2.50. The molecule has 1 N–H and O–H groups in total. The standard InChI is InChI=1S/C12H14BrFO3/c1-12(2,11(15)16)6-7-4-8(13)5-9(14)10(7)17-3/h4-5H,6H2,1-3H3,(H,15,16). The van der Waals surface area contributed by atoms with Gasteiger partial charge in [0.1, 0.15) is 0 Å². The number of carboxylic acid groups (broad SMARTS) is 1. The van der Waals surface area contributed by atoms with E-state index in [2.05, 4.69) is 15.9 Å². The highest BCUT2D eigenvalue weighted by Crippen LogP contribution is 2.32. The molecule has 0 saturated carbocycles. The van der Waals surface area contributed by atoms with Gasteiger partial charge in [0.05, 0.1) is 12.5 Å². The topological polar surface area (TPSA) is 46.5 Å². The number of halogens is 2. The molecule has 1 rings (SSSR count). The first-order valence-electron chi connectivity index (χ1n) is 5.03. The molecule has 0 aromatic heterocycles. The van der Waals surface area contributed by atoms with Crippen molar-refractivity contribution in [3.8, 4) is 5.75 Å². The van der Waals surface area contributed by atoms with E-state index in [4.69, 9.17) is 9.84 Å². The molecule has 0 fully saturated rings. The van der Waals surface area contributed by atoms with Crippen LogP contribution in [0.3, 0.4) is 0 Å². The van der Waals surface area contributed by atoms with E-state index in [0.717, 1.165) is 0 Å². The van der Waals surface area contributed by atoms with Gasteiger partial charge in [0.2, 0.25) is 0 Å². The third kappa shape index (κ3) is 3.19. The van der Waals surface area contributed by atoms with Crippen molar-refractivity contribution in [2.24, 2.45) is 5.41 Å². The molecule has 1 aromatic carbocycles. The number of hydrogen-bond donors (Lipinski definition) is 1. The summed E-state index contributed by atoms with van der Waals surface area (Å²) in [7, 11) is 1.36. The predicted octanol–water partition coefficient (Wildman–Crippen LogP) is 3.25. The summed E-state index contributed by atoms with van der Waals surface area (Å²) in [6, 6.07) is 2.96. The molecule has 17 heavy (non-hydrogen) atoms. The summed E-state index contributed by atoms with van der Waals surface area (Å²) >= 11 is 3.18. The first-order chi connectivity index (χ1) is 7.77. The molecule has 0 amide bonds. The SMILES string of the molecule is COc1c(F)cc(Br)cc1CC(C)(C)C(=O)O. The molecule has 0 unspecified atom stereocenters. The van der Waals surface area contributed by atoms with Crippen LogP contribution in [0, 0.1) is 11.2 Å². The second-order valence-electron chi connectivity index (χ2n) is 4.45. The Labute approximate surface area is 108 Å². The molecule has 5 heteroatoms. The van der Waals surface area contributed by atoms with Gasteiger partial charge in [-0.05, 0) is 38.0 Å². The summed E-state index contributed by atoms with van der Waals surface area (Å²) in [5.74, 6) is -1.33. The first kappa shape index (κ1) is 14.0. The van der Waals surface area contributed by atoms with Gasteiger partial charge in [0.15, 0.2) is 11.6 Å². The second-order valence-corrected chi connectivity index (χ2v) is 5.36. The number of methoxy groups -OCH3 is 1. The van der Waals surface area contributed by atoms with Crippen LogP contribution in [0.15, 0.2) is 16.6 Å². The number of carboxylic acids is 1. The quantitative estimate of drug-likeness (QED) is 0.929. The van der Waals surface area contributed by atoms with Gasteiger partial charge in [-0.15, -0.1) is 0 Å². The van der Waals surface area contributed by atoms with E-state index in [1.807, 2.05) is 0 Å². The van der Waals surface area contributed by atoms with Crippen molar-refractivity contribution in [3.63, 3.8) is 0 Å². The Balaban J connectivity index is 3.18. The number of hydrogen-bond acceptors (Lipinski definition) is 2. The van der Waals surface area contributed by atoms with Crippen LogP contribution < -0.4 is 4.74 Å². The van der Waals surface area contributed by atoms with E-state index in [1.165, 1.54) is 13.2 Å². The molecular weight excluding hydrogens is 291 g/mol. The summed E-state index contributed by atoms with van der Waals surface area (Å²) in [6.45, 7) is 3.18. The molecule has 0 heterocycles. The smallest absolute Gasteiger partial charge is 0.309 e. The molecule has 0 aliphatic carbocycles. The normalized spacial score (nSPS) is 11.4. The van der Waals surface area contributed by atoms with Crippen LogP contribution >= 0.6 is 15.9 Å². The lowest BCUT2D eigenvalue weighted by Gasteiger charge is -2.20. The summed E-state index contributed by atoms with van der Waals surface area (Å²) in [4.78, 5) is 11.0. The molecule has 0 saturated heterocycles. The lowest BCUT2D eigenvalue weighted by molar-refractivity contribution is -0.146. The maximum Gasteiger partial charge on any atom is 0.309 e. The van der Waals surface area contributed by atoms with Gasteiger partial charge in [0, 0.05) is 4.47 Å². The summed E-state index contributed by atoms with van der Waals surface area (Å²) in [5, 5.41) is 9.06. The van der Waals surface area contributed by atoms with Gasteiger partial charge in [-0.3, -0.25) is 4.79 Å². The molecule has 0 aliphatic rings. The van der Waals surface area contributed by atoms with E-state index in [1.54, 1.807) is 19.9 Å². The Bertz CT molecular complexity index is 444. The van der Waals surface area contributed by atoms with Crippen molar-refractivity contribution in [1.82, 2.24) is 0 Å². The molecule has 94 valence electrons. The zero-order chi connectivity index (χ0) is 13.2. The minimum absolute atomic E-state index is 0.0996. The van der Waals surface area contributed by atoms with Gasteiger partial charge in [0.25, 0.3) is 0 Å². The van der Waals surface area contributed by atoms with Gasteiger partial charge in [-0.1, -0.05) is 15.9 Å². The zero-order valence-corrected chi connectivity index (χ0v) is 11.5. The van der Waals surface area contributed by atoms with Gasteiger partial charge in [-0.25, -0.2) is 4.39 Å². The lowest BCUT2D eigenvalue weighted by atomic mass is 9.85. The number of ether oxygens (including phenoxy) is 1. The highest BCUT2D eigenvalue weighted by molar-refractivity contribution is 9.10. The van der Waals surface area contributed by atoms with Crippen LogP contribution in [0.5, 0.6) is 5.75 Å². The number of carbonyl (C=O) groups is 1. The van der Waals surface area contributed by atoms with Crippen molar-refractivity contribution in [2.45, 2.75) is 20.3 Å². The fourth-order valence-corrected chi connectivity index (χ4v) is 2.00. The van der Waals surface area contributed by atoms with Crippen molar-refractivity contribution >= 4 is 21.9 Å². The minimum atomic E-state index is -0.972. The number of benzene rings is 1. The van der Waals surface area contributed by atoms with Crippen LogP contribution in [0.1, 0.15) is 19.4 Å². The first-order valence-corrected chi connectivity index (χ1v) is 5.82. The summed E-state index contributed by atoms with van der Waals surface area (Å²) < 4.78 is 19.1. The number of rotatable bonds is 4. The maximum absolute atomic E-state index is 13.6. The number of aliphatic carboxylic acids is 1. The fourth-order valence-electron chi connectivity index (χ4n) is 1.53. The zero-order valence-electron chi connectivity index (χ0n) is 9.88. The largest absolute Gasteiger partial charge is 0.493 e. The van der Waals surface area contributed by atoms with Crippen molar-refractivity contribution < 1.29 is 19.0 Å². The van der Waals surface area contributed by atoms with Gasteiger partial charge >= 0.3 is 5.97 Å². The van der Waals surface area contributed by atoms with E-state index < -0.39 is 17.2 Å². The Morgan fingerprint density at radius 3 is 2.59 bits per heavy atom. The van der Waals surface area contributed by atoms with Crippen LogP contribution in [0.25, 0.3) is 0 Å². The van der Waals surface area contributed by atoms with E-state index in [9.17, 15) is 9.18 Å². The van der Waals surface area contributed by atoms with Crippen molar-refractivity contribution in [3.05, 3.63) is 28.0 Å². The minimum Gasteiger partial charge on any atom is -0.493 e. The van der Waals surface area contributed by atoms with E-state index in [0.29, 0.717) is 10.0 Å². The molecule has 0 aliphatic heterocycles. The Hall–Kier alpha value is -1.10. The third-order valence-corrected chi connectivity index (χ3v) is 2.96. The summed E-state index contributed by atoms with van der Waals surface area (Å²) in [6.07, 6.45) is 0.196. The molecule has 3 nitrogen and oxygen atoms in total. The van der Waals surface area contributed by atoms with Gasteiger partial charge in [-0.2, -0.15) is 0 Å². The van der Waals surface area contributed by atoms with Gasteiger partial charge < -0.3 is 9.84 Å². The molecule has 0 atom stereocenters. The molecule has 0 bridgehead atoms. The molecule has 1 aromatic rings. The highest BCUT2D eigenvalue weighted by atomic mass is 79.9.